The van der Waals surface area contributed by atoms with Crippen molar-refractivity contribution in [1.29, 1.82) is 0 Å². The first kappa shape index (κ1) is 12.8. The van der Waals surface area contributed by atoms with Crippen LogP contribution in [0.15, 0.2) is 4.99 Å². The standard InChI is InChI=1S/C10H21N5O/c1-12-10(14-11)13-6-5-9(16)15-7-3-2-4-8-15/h2-8,11H2,1H3,(H2,12,13,14). The number of nitrogens with zero attached hydrogens (tertiary/aromatic N) is 2. The Kier molecular flexibility index (Phi) is 5.63. The number of nitrogens with one attached hydrogen (secondary N) is 2. The van der Waals surface area contributed by atoms with Crippen LogP contribution < -0.4 is 16.6 Å². The molecule has 16 heavy (non-hydrogen) atoms. The first-order valence-electron chi connectivity index (χ1n) is 5.73. The third-order valence-electron chi connectivity index (χ3n) is 2.70. The smallest absolute Gasteiger partial charge is 0.224 e. The van der Waals surface area contributed by atoms with Crippen molar-refractivity contribution in [2.75, 3.05) is 26.7 Å². The van der Waals surface area contributed by atoms with Crippen molar-refractivity contribution in [2.24, 2.45) is 10.8 Å². The largest absolute Gasteiger partial charge is 0.355 e. The molecule has 1 saturated heterocycles. The Bertz CT molecular complexity index is 248. The van der Waals surface area contributed by atoms with Crippen LogP contribution in [0.4, 0.5) is 0 Å². The van der Waals surface area contributed by atoms with E-state index in [4.69, 9.17) is 5.84 Å². The highest BCUT2D eigenvalue weighted by Gasteiger charge is 2.15. The minimum absolute atomic E-state index is 0.208. The van der Waals surface area contributed by atoms with Gasteiger partial charge in [0, 0.05) is 33.1 Å². The van der Waals surface area contributed by atoms with Crippen LogP contribution >= 0.6 is 0 Å². The lowest BCUT2D eigenvalue weighted by Gasteiger charge is -2.26. The first-order chi connectivity index (χ1) is 7.77. The van der Waals surface area contributed by atoms with Gasteiger partial charge in [-0.2, -0.15) is 0 Å². The molecule has 6 heteroatoms. The molecule has 0 aromatic heterocycles. The van der Waals surface area contributed by atoms with Gasteiger partial charge in [-0.1, -0.05) is 0 Å². The van der Waals surface area contributed by atoms with Crippen molar-refractivity contribution in [3.8, 4) is 0 Å². The molecular formula is C10H21N5O. The van der Waals surface area contributed by atoms with Gasteiger partial charge in [0.25, 0.3) is 0 Å². The van der Waals surface area contributed by atoms with Crippen molar-refractivity contribution < 1.29 is 4.79 Å². The summed E-state index contributed by atoms with van der Waals surface area (Å²) >= 11 is 0. The van der Waals surface area contributed by atoms with Gasteiger partial charge in [0.15, 0.2) is 0 Å². The maximum atomic E-state index is 11.8. The zero-order valence-corrected chi connectivity index (χ0v) is 9.83. The van der Waals surface area contributed by atoms with Crippen LogP contribution in [0.25, 0.3) is 0 Å². The second-order valence-electron chi connectivity index (χ2n) is 3.83. The van der Waals surface area contributed by atoms with Crippen molar-refractivity contribution in [1.82, 2.24) is 15.6 Å². The van der Waals surface area contributed by atoms with E-state index < -0.39 is 0 Å². The average molecular weight is 227 g/mol. The second kappa shape index (κ2) is 7.05. The highest BCUT2D eigenvalue weighted by Crippen LogP contribution is 2.09. The summed E-state index contributed by atoms with van der Waals surface area (Å²) in [6, 6.07) is 0. The van der Waals surface area contributed by atoms with E-state index in [1.165, 1.54) is 6.42 Å². The van der Waals surface area contributed by atoms with E-state index in [0.717, 1.165) is 25.9 Å². The monoisotopic (exact) mass is 227 g/mol. The highest BCUT2D eigenvalue weighted by atomic mass is 16.2. The van der Waals surface area contributed by atoms with E-state index in [0.29, 0.717) is 18.9 Å². The molecule has 1 amide bonds. The van der Waals surface area contributed by atoms with Crippen LogP contribution in [-0.2, 0) is 4.79 Å². The molecule has 0 spiro atoms. The van der Waals surface area contributed by atoms with Gasteiger partial charge in [-0.05, 0) is 19.3 Å². The number of likely N-dealkylation sites (tertiary alicyclic amines) is 1. The van der Waals surface area contributed by atoms with Crippen molar-refractivity contribution >= 4 is 11.9 Å². The number of aliphatic imine (C=N–C) groups is 1. The molecule has 0 radical (unpaired) electrons. The Morgan fingerprint density at radius 3 is 2.62 bits per heavy atom. The minimum Gasteiger partial charge on any atom is -0.355 e. The first-order valence-corrected chi connectivity index (χ1v) is 5.73. The van der Waals surface area contributed by atoms with Gasteiger partial charge in [-0.3, -0.25) is 15.2 Å². The number of guanidine groups is 1. The maximum absolute atomic E-state index is 11.8. The Labute approximate surface area is 96.2 Å². The predicted octanol–water partition coefficient (Wildman–Crippen LogP) is -0.572. The summed E-state index contributed by atoms with van der Waals surface area (Å²) in [4.78, 5) is 17.5. The molecule has 1 aliphatic heterocycles. The summed E-state index contributed by atoms with van der Waals surface area (Å²) in [5, 5.41) is 2.96. The number of piperidine rings is 1. The van der Waals surface area contributed by atoms with E-state index in [9.17, 15) is 4.79 Å². The van der Waals surface area contributed by atoms with Crippen LogP contribution in [-0.4, -0.2) is 43.4 Å². The Hall–Kier alpha value is -1.30. The molecule has 0 aromatic carbocycles. The fraction of sp³-hybridized carbons (Fsp3) is 0.800. The molecule has 0 saturated carbocycles. The zero-order valence-electron chi connectivity index (χ0n) is 9.83. The summed E-state index contributed by atoms with van der Waals surface area (Å²) < 4.78 is 0. The molecule has 1 heterocycles. The quantitative estimate of drug-likeness (QED) is 0.261. The van der Waals surface area contributed by atoms with E-state index in [1.54, 1.807) is 7.05 Å². The summed E-state index contributed by atoms with van der Waals surface area (Å²) in [6.45, 7) is 2.37. The van der Waals surface area contributed by atoms with Gasteiger partial charge in [-0.25, -0.2) is 5.84 Å². The molecule has 1 rings (SSSR count). The lowest BCUT2D eigenvalue weighted by molar-refractivity contribution is -0.131. The second-order valence-corrected chi connectivity index (χ2v) is 3.83. The number of hydrazine groups is 1. The molecule has 4 N–H and O–H groups in total. The third-order valence-corrected chi connectivity index (χ3v) is 2.70. The molecule has 6 nitrogen and oxygen atoms in total. The Morgan fingerprint density at radius 2 is 2.06 bits per heavy atom. The van der Waals surface area contributed by atoms with Gasteiger partial charge in [0.1, 0.15) is 0 Å². The molecule has 1 aliphatic rings. The average Bonchev–Trinajstić information content (AvgIpc) is 2.35. The van der Waals surface area contributed by atoms with Gasteiger partial charge in [-0.15, -0.1) is 0 Å². The van der Waals surface area contributed by atoms with Gasteiger partial charge in [0.05, 0.1) is 0 Å². The molecule has 1 fully saturated rings. The van der Waals surface area contributed by atoms with E-state index in [-0.39, 0.29) is 5.91 Å². The van der Waals surface area contributed by atoms with Crippen molar-refractivity contribution in [2.45, 2.75) is 25.7 Å². The summed E-state index contributed by atoms with van der Waals surface area (Å²) in [7, 11) is 1.63. The lowest BCUT2D eigenvalue weighted by atomic mass is 10.1. The van der Waals surface area contributed by atoms with Crippen molar-refractivity contribution in [3.63, 3.8) is 0 Å². The van der Waals surface area contributed by atoms with Crippen LogP contribution in [0, 0.1) is 0 Å². The number of hydrogen-bond donors (Lipinski definition) is 3. The van der Waals surface area contributed by atoms with E-state index in [1.807, 2.05) is 4.90 Å². The van der Waals surface area contributed by atoms with Crippen molar-refractivity contribution in [3.05, 3.63) is 0 Å². The fourth-order valence-corrected chi connectivity index (χ4v) is 1.78. The van der Waals surface area contributed by atoms with Crippen LogP contribution in [0.3, 0.4) is 0 Å². The van der Waals surface area contributed by atoms with Gasteiger partial charge >= 0.3 is 0 Å². The number of hydrogen-bond acceptors (Lipinski definition) is 3. The number of carbonyl (C=O) groups excluding carboxylic acids is 1. The number of carbonyl (C=O) groups is 1. The van der Waals surface area contributed by atoms with Gasteiger partial charge in [0.2, 0.25) is 11.9 Å². The molecule has 0 aliphatic carbocycles. The lowest BCUT2D eigenvalue weighted by Crippen LogP contribution is -2.43. The topological polar surface area (TPSA) is 82.7 Å². The molecule has 92 valence electrons. The molecule has 0 bridgehead atoms. The van der Waals surface area contributed by atoms with Crippen LogP contribution in [0.1, 0.15) is 25.7 Å². The Balaban J connectivity index is 2.19. The van der Waals surface area contributed by atoms with Crippen LogP contribution in [0.5, 0.6) is 0 Å². The SMILES string of the molecule is CN=C(NN)NCCC(=O)N1CCCCC1. The van der Waals surface area contributed by atoms with Crippen LogP contribution in [0.2, 0.25) is 0 Å². The third kappa shape index (κ3) is 4.06. The molecular weight excluding hydrogens is 206 g/mol. The number of nitrogens with two attached hydrogens (primary N) is 1. The van der Waals surface area contributed by atoms with Gasteiger partial charge < -0.3 is 10.2 Å². The highest BCUT2D eigenvalue weighted by molar-refractivity contribution is 5.80. The Morgan fingerprint density at radius 1 is 1.38 bits per heavy atom. The summed E-state index contributed by atoms with van der Waals surface area (Å²) in [5.74, 6) is 5.92. The molecule has 0 unspecified atom stereocenters. The predicted molar refractivity (Wildman–Crippen MR) is 63.7 cm³/mol. The maximum Gasteiger partial charge on any atom is 0.224 e. The summed E-state index contributed by atoms with van der Waals surface area (Å²) in [5.41, 5.74) is 2.42. The molecule has 0 atom stereocenters. The number of rotatable bonds is 3. The normalized spacial score (nSPS) is 17.1. The zero-order chi connectivity index (χ0) is 11.8. The minimum atomic E-state index is 0.208. The molecule has 0 aromatic rings. The van der Waals surface area contributed by atoms with E-state index >= 15 is 0 Å². The summed E-state index contributed by atoms with van der Waals surface area (Å²) in [6.07, 6.45) is 3.99. The number of amides is 1. The van der Waals surface area contributed by atoms with E-state index in [2.05, 4.69) is 15.7 Å². The fourth-order valence-electron chi connectivity index (χ4n) is 1.78.